The first-order valence-electron chi connectivity index (χ1n) is 7.77. The fourth-order valence-corrected chi connectivity index (χ4v) is 2.20. The lowest BCUT2D eigenvalue weighted by Gasteiger charge is -2.23. The monoisotopic (exact) mass is 304 g/mol. The molecule has 3 rings (SSSR count). The summed E-state index contributed by atoms with van der Waals surface area (Å²) in [5.41, 5.74) is 6.37. The van der Waals surface area contributed by atoms with Gasteiger partial charge in [-0.1, -0.05) is 91.0 Å². The van der Waals surface area contributed by atoms with Crippen LogP contribution in [-0.2, 0) is 5.54 Å². The molecule has 0 radical (unpaired) electrons. The van der Waals surface area contributed by atoms with Gasteiger partial charge in [0.15, 0.2) is 0 Å². The van der Waals surface area contributed by atoms with Gasteiger partial charge in [-0.25, -0.2) is 0 Å². The van der Waals surface area contributed by atoms with Gasteiger partial charge in [-0.05, 0) is 30.5 Å². The van der Waals surface area contributed by atoms with Crippen molar-refractivity contribution in [1.29, 1.82) is 0 Å². The van der Waals surface area contributed by atoms with Crippen LogP contribution < -0.4 is 11.3 Å². The third kappa shape index (κ3) is 5.06. The van der Waals surface area contributed by atoms with E-state index in [0.717, 1.165) is 0 Å². The van der Waals surface area contributed by atoms with E-state index in [2.05, 4.69) is 66.1 Å². The molecule has 23 heavy (non-hydrogen) atoms. The van der Waals surface area contributed by atoms with E-state index in [0.29, 0.717) is 0 Å². The van der Waals surface area contributed by atoms with Crippen molar-refractivity contribution in [2.24, 2.45) is 5.84 Å². The van der Waals surface area contributed by atoms with Crippen LogP contribution in [0, 0.1) is 0 Å². The number of hydrogen-bond donors (Lipinski definition) is 2. The van der Waals surface area contributed by atoms with Crippen molar-refractivity contribution in [3.8, 4) is 11.1 Å². The Balaban J connectivity index is 0.000000168. The van der Waals surface area contributed by atoms with Crippen LogP contribution in [0.3, 0.4) is 0 Å². The van der Waals surface area contributed by atoms with Gasteiger partial charge >= 0.3 is 0 Å². The molecule has 0 aliphatic heterocycles. The maximum absolute atomic E-state index is 5.39. The summed E-state index contributed by atoms with van der Waals surface area (Å²) in [6, 6.07) is 30.9. The van der Waals surface area contributed by atoms with E-state index in [9.17, 15) is 0 Å². The Labute approximate surface area is 139 Å². The van der Waals surface area contributed by atoms with Gasteiger partial charge in [0.25, 0.3) is 0 Å². The lowest BCUT2D eigenvalue weighted by molar-refractivity contribution is 0.414. The highest BCUT2D eigenvalue weighted by atomic mass is 15.3. The van der Waals surface area contributed by atoms with Crippen molar-refractivity contribution >= 4 is 0 Å². The fraction of sp³-hybridized carbons (Fsp3) is 0.143. The van der Waals surface area contributed by atoms with E-state index in [1.165, 1.54) is 16.7 Å². The number of hydrazine groups is 1. The molecule has 0 atom stereocenters. The average Bonchev–Trinajstić information content (AvgIpc) is 2.64. The second-order valence-electron chi connectivity index (χ2n) is 5.87. The Hall–Kier alpha value is -2.42. The van der Waals surface area contributed by atoms with Gasteiger partial charge in [0, 0.05) is 0 Å². The molecule has 0 fully saturated rings. The third-order valence-corrected chi connectivity index (χ3v) is 3.74. The number of nitrogens with two attached hydrogens (primary N) is 1. The zero-order valence-corrected chi connectivity index (χ0v) is 13.7. The molecule has 3 N–H and O–H groups in total. The van der Waals surface area contributed by atoms with Gasteiger partial charge < -0.3 is 0 Å². The minimum absolute atomic E-state index is 0.138. The first-order valence-corrected chi connectivity index (χ1v) is 7.77. The Morgan fingerprint density at radius 2 is 0.957 bits per heavy atom. The van der Waals surface area contributed by atoms with Crippen molar-refractivity contribution in [2.75, 3.05) is 0 Å². The summed E-state index contributed by atoms with van der Waals surface area (Å²) < 4.78 is 0. The highest BCUT2D eigenvalue weighted by Crippen LogP contribution is 2.18. The molecule has 0 amide bonds. The van der Waals surface area contributed by atoms with Crippen LogP contribution in [-0.4, -0.2) is 0 Å². The summed E-state index contributed by atoms with van der Waals surface area (Å²) in [5, 5.41) is 0. The fourth-order valence-electron chi connectivity index (χ4n) is 2.20. The highest BCUT2D eigenvalue weighted by Gasteiger charge is 2.16. The van der Waals surface area contributed by atoms with Crippen LogP contribution in [0.2, 0.25) is 0 Å². The van der Waals surface area contributed by atoms with Gasteiger partial charge in [0.05, 0.1) is 5.54 Å². The second kappa shape index (κ2) is 8.28. The molecule has 0 saturated heterocycles. The summed E-state index contributed by atoms with van der Waals surface area (Å²) in [6.45, 7) is 4.09. The molecule has 118 valence electrons. The van der Waals surface area contributed by atoms with Crippen LogP contribution in [0.4, 0.5) is 0 Å². The topological polar surface area (TPSA) is 38.0 Å². The highest BCUT2D eigenvalue weighted by molar-refractivity contribution is 5.62. The second-order valence-corrected chi connectivity index (χ2v) is 5.87. The minimum Gasteiger partial charge on any atom is -0.271 e. The molecule has 0 heterocycles. The lowest BCUT2D eigenvalue weighted by atomic mass is 9.95. The smallest absolute Gasteiger partial charge is 0.0513 e. The van der Waals surface area contributed by atoms with Gasteiger partial charge in [-0.3, -0.25) is 11.3 Å². The molecule has 2 nitrogen and oxygen atoms in total. The molecule has 3 aromatic carbocycles. The Morgan fingerprint density at radius 1 is 0.609 bits per heavy atom. The molecule has 3 aromatic rings. The van der Waals surface area contributed by atoms with Crippen LogP contribution in [0.25, 0.3) is 11.1 Å². The maximum atomic E-state index is 5.39. The molecule has 2 heteroatoms. The molecular formula is C21H24N2. The van der Waals surface area contributed by atoms with Crippen LogP contribution >= 0.6 is 0 Å². The Kier molecular flexibility index (Phi) is 6.10. The number of hydrogen-bond acceptors (Lipinski definition) is 2. The van der Waals surface area contributed by atoms with Crippen LogP contribution in [0.5, 0.6) is 0 Å². The number of rotatable bonds is 3. The number of nitrogens with one attached hydrogen (secondary N) is 1. The minimum atomic E-state index is -0.138. The first kappa shape index (κ1) is 16.9. The van der Waals surface area contributed by atoms with Gasteiger partial charge in [0.1, 0.15) is 0 Å². The van der Waals surface area contributed by atoms with E-state index in [1.807, 2.05) is 44.2 Å². The van der Waals surface area contributed by atoms with Crippen molar-refractivity contribution < 1.29 is 0 Å². The van der Waals surface area contributed by atoms with Crippen molar-refractivity contribution in [3.63, 3.8) is 0 Å². The zero-order valence-electron chi connectivity index (χ0n) is 13.7. The summed E-state index contributed by atoms with van der Waals surface area (Å²) in [5.74, 6) is 5.39. The Morgan fingerprint density at radius 3 is 1.30 bits per heavy atom. The molecule has 0 aliphatic rings. The summed E-state index contributed by atoms with van der Waals surface area (Å²) >= 11 is 0. The van der Waals surface area contributed by atoms with Crippen molar-refractivity contribution in [1.82, 2.24) is 5.43 Å². The van der Waals surface area contributed by atoms with Crippen molar-refractivity contribution in [3.05, 3.63) is 96.6 Å². The van der Waals surface area contributed by atoms with E-state index >= 15 is 0 Å². The third-order valence-electron chi connectivity index (χ3n) is 3.74. The van der Waals surface area contributed by atoms with Gasteiger partial charge in [0.2, 0.25) is 0 Å². The van der Waals surface area contributed by atoms with E-state index in [4.69, 9.17) is 5.84 Å². The molecular weight excluding hydrogens is 280 g/mol. The zero-order chi connectivity index (χ0) is 16.5. The lowest BCUT2D eigenvalue weighted by Crippen LogP contribution is -2.41. The van der Waals surface area contributed by atoms with E-state index in [-0.39, 0.29) is 5.54 Å². The molecule has 0 aliphatic carbocycles. The SMILES string of the molecule is CC(C)(NN)c1ccccc1.c1ccc(-c2ccccc2)cc1. The Bertz CT molecular complexity index is 639. The van der Waals surface area contributed by atoms with E-state index in [1.54, 1.807) is 0 Å². The largest absolute Gasteiger partial charge is 0.271 e. The van der Waals surface area contributed by atoms with Gasteiger partial charge in [-0.2, -0.15) is 0 Å². The van der Waals surface area contributed by atoms with Crippen LogP contribution in [0.1, 0.15) is 19.4 Å². The molecule has 0 bridgehead atoms. The quantitative estimate of drug-likeness (QED) is 0.542. The maximum Gasteiger partial charge on any atom is 0.0513 e. The average molecular weight is 304 g/mol. The van der Waals surface area contributed by atoms with E-state index < -0.39 is 0 Å². The summed E-state index contributed by atoms with van der Waals surface area (Å²) in [4.78, 5) is 0. The molecule has 0 spiro atoms. The first-order chi connectivity index (χ1) is 11.1. The normalized spacial score (nSPS) is 10.6. The summed E-state index contributed by atoms with van der Waals surface area (Å²) in [7, 11) is 0. The molecule has 0 unspecified atom stereocenters. The number of benzene rings is 3. The molecule has 0 aromatic heterocycles. The predicted molar refractivity (Wildman–Crippen MR) is 98.7 cm³/mol. The predicted octanol–water partition coefficient (Wildman–Crippen LogP) is 4.74. The standard InChI is InChI=1S/C12H10.C9H14N2/c1-3-7-11(8-4-1)12-9-5-2-6-10-12;1-9(2,11-10)8-6-4-3-5-7-8/h1-10H;3-7,11H,10H2,1-2H3. The van der Waals surface area contributed by atoms with Gasteiger partial charge in [-0.15, -0.1) is 0 Å². The van der Waals surface area contributed by atoms with Crippen LogP contribution in [0.15, 0.2) is 91.0 Å². The molecule has 0 saturated carbocycles. The summed E-state index contributed by atoms with van der Waals surface area (Å²) in [6.07, 6.45) is 0. The van der Waals surface area contributed by atoms with Crippen molar-refractivity contribution in [2.45, 2.75) is 19.4 Å².